The summed E-state index contributed by atoms with van der Waals surface area (Å²) in [5.74, 6) is -0.0652. The summed E-state index contributed by atoms with van der Waals surface area (Å²) in [5, 5.41) is 0. The summed E-state index contributed by atoms with van der Waals surface area (Å²) in [6, 6.07) is -0.322. The highest BCUT2D eigenvalue weighted by molar-refractivity contribution is 5.87. The minimum Gasteiger partial charge on any atom is -0.463 e. The molecule has 0 bridgehead atoms. The van der Waals surface area contributed by atoms with Gasteiger partial charge in [0.05, 0.1) is 18.8 Å². The van der Waals surface area contributed by atoms with Gasteiger partial charge in [-0.2, -0.15) is 0 Å². The SMILES string of the molecule is COC(=O)c1oc(C(C)N)nc1C. The molecule has 72 valence electrons. The van der Waals surface area contributed by atoms with Crippen molar-refractivity contribution in [1.29, 1.82) is 0 Å². The summed E-state index contributed by atoms with van der Waals surface area (Å²) >= 11 is 0. The quantitative estimate of drug-likeness (QED) is 0.687. The minimum absolute atomic E-state index is 0.120. The van der Waals surface area contributed by atoms with Crippen LogP contribution in [0.15, 0.2) is 4.42 Å². The topological polar surface area (TPSA) is 78.3 Å². The number of rotatable bonds is 2. The van der Waals surface area contributed by atoms with Gasteiger partial charge in [0.2, 0.25) is 11.7 Å². The predicted molar refractivity (Wildman–Crippen MR) is 45.2 cm³/mol. The van der Waals surface area contributed by atoms with Crippen molar-refractivity contribution < 1.29 is 13.9 Å². The van der Waals surface area contributed by atoms with Crippen LogP contribution in [0.4, 0.5) is 0 Å². The molecule has 1 atom stereocenters. The van der Waals surface area contributed by atoms with Crippen molar-refractivity contribution in [1.82, 2.24) is 4.98 Å². The zero-order chi connectivity index (χ0) is 10.0. The summed E-state index contributed by atoms with van der Waals surface area (Å²) in [7, 11) is 1.29. The molecule has 5 nitrogen and oxygen atoms in total. The van der Waals surface area contributed by atoms with Crippen LogP contribution < -0.4 is 5.73 Å². The molecular formula is C8H12N2O3. The summed E-state index contributed by atoms with van der Waals surface area (Å²) in [4.78, 5) is 15.1. The van der Waals surface area contributed by atoms with E-state index in [0.29, 0.717) is 11.6 Å². The van der Waals surface area contributed by atoms with E-state index < -0.39 is 5.97 Å². The first kappa shape index (κ1) is 9.73. The van der Waals surface area contributed by atoms with Crippen LogP contribution in [0.25, 0.3) is 0 Å². The largest absolute Gasteiger partial charge is 0.463 e. The van der Waals surface area contributed by atoms with Crippen molar-refractivity contribution in [3.63, 3.8) is 0 Å². The van der Waals surface area contributed by atoms with Crippen LogP contribution in [0.5, 0.6) is 0 Å². The number of aryl methyl sites for hydroxylation is 1. The number of carbonyl (C=O) groups is 1. The fraction of sp³-hybridized carbons (Fsp3) is 0.500. The second-order valence-corrected chi connectivity index (χ2v) is 2.75. The van der Waals surface area contributed by atoms with E-state index in [-0.39, 0.29) is 11.8 Å². The molecular weight excluding hydrogens is 172 g/mol. The lowest BCUT2D eigenvalue weighted by molar-refractivity contribution is 0.0561. The summed E-state index contributed by atoms with van der Waals surface area (Å²) < 4.78 is 9.61. The van der Waals surface area contributed by atoms with Crippen LogP contribution in [-0.4, -0.2) is 18.1 Å². The molecule has 0 aromatic carbocycles. The van der Waals surface area contributed by atoms with E-state index in [0.717, 1.165) is 0 Å². The highest BCUT2D eigenvalue weighted by Crippen LogP contribution is 2.15. The molecule has 0 aliphatic heterocycles. The van der Waals surface area contributed by atoms with Gasteiger partial charge >= 0.3 is 5.97 Å². The Morgan fingerprint density at radius 1 is 1.69 bits per heavy atom. The van der Waals surface area contributed by atoms with Crippen LogP contribution in [-0.2, 0) is 4.74 Å². The Morgan fingerprint density at radius 3 is 2.69 bits per heavy atom. The first-order chi connectivity index (χ1) is 6.06. The van der Waals surface area contributed by atoms with E-state index in [1.165, 1.54) is 7.11 Å². The average molecular weight is 184 g/mol. The number of methoxy groups -OCH3 is 1. The van der Waals surface area contributed by atoms with Gasteiger partial charge in [-0.05, 0) is 13.8 Å². The van der Waals surface area contributed by atoms with Gasteiger partial charge in [0, 0.05) is 0 Å². The fourth-order valence-corrected chi connectivity index (χ4v) is 0.894. The molecule has 1 unspecified atom stereocenters. The Morgan fingerprint density at radius 2 is 2.31 bits per heavy atom. The van der Waals surface area contributed by atoms with Crippen molar-refractivity contribution >= 4 is 5.97 Å². The number of nitrogens with two attached hydrogens (primary N) is 1. The van der Waals surface area contributed by atoms with E-state index in [4.69, 9.17) is 10.2 Å². The molecule has 0 fully saturated rings. The summed E-state index contributed by atoms with van der Waals surface area (Å²) in [6.07, 6.45) is 0. The molecule has 0 saturated heterocycles. The van der Waals surface area contributed by atoms with Crippen LogP contribution in [0, 0.1) is 6.92 Å². The fourth-order valence-electron chi connectivity index (χ4n) is 0.894. The smallest absolute Gasteiger partial charge is 0.375 e. The number of hydrogen-bond donors (Lipinski definition) is 1. The lowest BCUT2D eigenvalue weighted by Crippen LogP contribution is -2.05. The van der Waals surface area contributed by atoms with Crippen LogP contribution in [0.2, 0.25) is 0 Å². The number of esters is 1. The van der Waals surface area contributed by atoms with Crippen LogP contribution >= 0.6 is 0 Å². The normalized spacial score (nSPS) is 12.6. The zero-order valence-electron chi connectivity index (χ0n) is 7.83. The van der Waals surface area contributed by atoms with Gasteiger partial charge < -0.3 is 14.9 Å². The number of oxazole rings is 1. The number of nitrogens with zero attached hydrogens (tertiary/aromatic N) is 1. The Bertz CT molecular complexity index is 317. The zero-order valence-corrected chi connectivity index (χ0v) is 7.83. The molecule has 0 aliphatic rings. The van der Waals surface area contributed by atoms with Gasteiger partial charge in [-0.25, -0.2) is 9.78 Å². The van der Waals surface area contributed by atoms with Gasteiger partial charge in [0.15, 0.2) is 0 Å². The number of hydrogen-bond acceptors (Lipinski definition) is 5. The van der Waals surface area contributed by atoms with E-state index in [9.17, 15) is 4.79 Å². The second kappa shape index (κ2) is 3.57. The van der Waals surface area contributed by atoms with Gasteiger partial charge in [-0.1, -0.05) is 0 Å². The standard InChI is InChI=1S/C8H12N2O3/c1-4(9)7-10-5(2)6(13-7)8(11)12-3/h4H,9H2,1-3H3. The first-order valence-corrected chi connectivity index (χ1v) is 3.87. The number of ether oxygens (including phenoxy) is 1. The van der Waals surface area contributed by atoms with Crippen LogP contribution in [0.3, 0.4) is 0 Å². The first-order valence-electron chi connectivity index (χ1n) is 3.87. The van der Waals surface area contributed by atoms with Crippen molar-refractivity contribution in [3.05, 3.63) is 17.3 Å². The molecule has 1 rings (SSSR count). The van der Waals surface area contributed by atoms with Crippen molar-refractivity contribution in [2.24, 2.45) is 5.73 Å². The third-order valence-electron chi connectivity index (χ3n) is 1.57. The minimum atomic E-state index is -0.531. The number of carbonyl (C=O) groups excluding carboxylic acids is 1. The monoisotopic (exact) mass is 184 g/mol. The molecule has 1 aromatic rings. The maximum absolute atomic E-state index is 11.1. The van der Waals surface area contributed by atoms with Crippen molar-refractivity contribution in [2.75, 3.05) is 7.11 Å². The second-order valence-electron chi connectivity index (χ2n) is 2.75. The highest BCUT2D eigenvalue weighted by Gasteiger charge is 2.18. The van der Waals surface area contributed by atoms with Crippen LogP contribution in [0.1, 0.15) is 35.1 Å². The highest BCUT2D eigenvalue weighted by atomic mass is 16.5. The lowest BCUT2D eigenvalue weighted by atomic mass is 10.4. The van der Waals surface area contributed by atoms with E-state index >= 15 is 0 Å². The molecule has 0 aliphatic carbocycles. The van der Waals surface area contributed by atoms with Gasteiger partial charge in [-0.15, -0.1) is 0 Å². The van der Waals surface area contributed by atoms with Gasteiger partial charge in [0.25, 0.3) is 0 Å². The van der Waals surface area contributed by atoms with E-state index in [1.807, 2.05) is 0 Å². The molecule has 5 heteroatoms. The summed E-state index contributed by atoms with van der Waals surface area (Å²) in [5.41, 5.74) is 6.03. The molecule has 0 radical (unpaired) electrons. The third-order valence-corrected chi connectivity index (χ3v) is 1.57. The lowest BCUT2D eigenvalue weighted by Gasteiger charge is -1.96. The molecule has 0 saturated carbocycles. The van der Waals surface area contributed by atoms with Crippen molar-refractivity contribution in [2.45, 2.75) is 19.9 Å². The maximum Gasteiger partial charge on any atom is 0.375 e. The molecule has 2 N–H and O–H groups in total. The average Bonchev–Trinajstić information content (AvgIpc) is 2.46. The summed E-state index contributed by atoms with van der Waals surface area (Å²) in [6.45, 7) is 3.40. The molecule has 1 aromatic heterocycles. The predicted octanol–water partition coefficient (Wildman–Crippen LogP) is 0.789. The Labute approximate surface area is 75.9 Å². The van der Waals surface area contributed by atoms with Crippen molar-refractivity contribution in [3.8, 4) is 0 Å². The Kier molecular flexibility index (Phi) is 2.67. The Balaban J connectivity index is 3.03. The molecule has 1 heterocycles. The van der Waals surface area contributed by atoms with E-state index in [1.54, 1.807) is 13.8 Å². The molecule has 0 spiro atoms. The third kappa shape index (κ3) is 1.86. The Hall–Kier alpha value is -1.36. The maximum atomic E-state index is 11.1. The van der Waals surface area contributed by atoms with Gasteiger partial charge in [0.1, 0.15) is 0 Å². The number of aromatic nitrogens is 1. The molecule has 13 heavy (non-hydrogen) atoms. The van der Waals surface area contributed by atoms with E-state index in [2.05, 4.69) is 9.72 Å². The molecule has 0 amide bonds. The van der Waals surface area contributed by atoms with Gasteiger partial charge in [-0.3, -0.25) is 0 Å².